The number of carbonyl (C=O) groups is 1. The first-order valence-corrected chi connectivity index (χ1v) is 10.6. The zero-order valence-electron chi connectivity index (χ0n) is 16.9. The summed E-state index contributed by atoms with van der Waals surface area (Å²) in [5.74, 6) is 0.790. The standard InChI is InChI=1S/C19H27N5O3S/c1-11(2)14-9-13(5)21-16(12(3)4)17(14)22-19(25)23-28(26)15-10-20-24-7-6-8-27-18(15)24/h9-12H,6-8H2,1-5H3,(H2,22,23,25). The van der Waals surface area contributed by atoms with Crippen molar-refractivity contribution in [3.63, 3.8) is 0 Å². The Hall–Kier alpha value is -2.42. The highest BCUT2D eigenvalue weighted by atomic mass is 32.2. The van der Waals surface area contributed by atoms with Crippen molar-refractivity contribution >= 4 is 22.7 Å². The minimum Gasteiger partial charge on any atom is -0.477 e. The monoisotopic (exact) mass is 405 g/mol. The number of amides is 2. The summed E-state index contributed by atoms with van der Waals surface area (Å²) in [6.07, 6.45) is 2.33. The van der Waals surface area contributed by atoms with Gasteiger partial charge in [-0.15, -0.1) is 0 Å². The van der Waals surface area contributed by atoms with Gasteiger partial charge >= 0.3 is 6.03 Å². The first-order chi connectivity index (χ1) is 13.3. The topological polar surface area (TPSA) is 98.1 Å². The number of nitrogens with one attached hydrogen (secondary N) is 2. The lowest BCUT2D eigenvalue weighted by Gasteiger charge is -2.20. The third kappa shape index (κ3) is 4.19. The molecule has 3 heterocycles. The number of fused-ring (bicyclic) bond motifs is 1. The largest absolute Gasteiger partial charge is 0.477 e. The highest BCUT2D eigenvalue weighted by Gasteiger charge is 2.23. The second-order valence-electron chi connectivity index (χ2n) is 7.49. The normalized spacial score (nSPS) is 14.5. The molecule has 2 N–H and O–H groups in total. The minimum atomic E-state index is -1.78. The molecule has 2 aromatic rings. The number of aromatic nitrogens is 3. The van der Waals surface area contributed by atoms with E-state index in [2.05, 4.69) is 34.0 Å². The molecule has 0 fully saturated rings. The molecule has 1 aliphatic heterocycles. The number of aryl methyl sites for hydroxylation is 2. The fourth-order valence-electron chi connectivity index (χ4n) is 3.18. The molecular formula is C19H27N5O3S. The van der Waals surface area contributed by atoms with Gasteiger partial charge in [-0.1, -0.05) is 27.7 Å². The summed E-state index contributed by atoms with van der Waals surface area (Å²) in [5, 5.41) is 7.04. The first kappa shape index (κ1) is 20.3. The number of hydrogen-bond donors (Lipinski definition) is 2. The Labute approximate surface area is 167 Å². The number of pyridine rings is 1. The number of ether oxygens (including phenoxy) is 1. The maximum Gasteiger partial charge on any atom is 0.331 e. The molecule has 1 aliphatic rings. The molecule has 28 heavy (non-hydrogen) atoms. The fourth-order valence-corrected chi connectivity index (χ4v) is 3.98. The molecule has 0 radical (unpaired) electrons. The van der Waals surface area contributed by atoms with Crippen molar-refractivity contribution in [1.82, 2.24) is 19.5 Å². The lowest BCUT2D eigenvalue weighted by Crippen LogP contribution is -2.32. The van der Waals surface area contributed by atoms with Gasteiger partial charge in [-0.3, -0.25) is 9.71 Å². The molecule has 2 amide bonds. The summed E-state index contributed by atoms with van der Waals surface area (Å²) >= 11 is 0. The molecule has 0 saturated carbocycles. The Balaban J connectivity index is 1.81. The highest BCUT2D eigenvalue weighted by molar-refractivity contribution is 7.83. The van der Waals surface area contributed by atoms with Crippen molar-refractivity contribution in [1.29, 1.82) is 0 Å². The molecule has 0 saturated heterocycles. The van der Waals surface area contributed by atoms with E-state index in [-0.39, 0.29) is 11.8 Å². The van der Waals surface area contributed by atoms with Gasteiger partial charge in [-0.2, -0.15) is 5.10 Å². The van der Waals surface area contributed by atoms with Crippen LogP contribution in [0.4, 0.5) is 10.5 Å². The summed E-state index contributed by atoms with van der Waals surface area (Å²) in [6, 6.07) is 1.43. The van der Waals surface area contributed by atoms with Gasteiger partial charge in [0.05, 0.1) is 24.2 Å². The van der Waals surface area contributed by atoms with Crippen LogP contribution in [0.1, 0.15) is 62.9 Å². The van der Waals surface area contributed by atoms with E-state index >= 15 is 0 Å². The molecule has 3 rings (SSSR count). The van der Waals surface area contributed by atoms with Crippen molar-refractivity contribution in [2.45, 2.75) is 64.3 Å². The SMILES string of the molecule is Cc1cc(C(C)C)c(NC(=O)NS(=O)c2cnn3c2OCCC3)c(C(C)C)n1. The third-order valence-electron chi connectivity index (χ3n) is 4.51. The van der Waals surface area contributed by atoms with Gasteiger partial charge in [-0.05, 0) is 30.4 Å². The second-order valence-corrected chi connectivity index (χ2v) is 8.67. The summed E-state index contributed by atoms with van der Waals surface area (Å²) < 4.78 is 22.4. The Bertz CT molecular complexity index is 878. The van der Waals surface area contributed by atoms with Gasteiger partial charge in [0.25, 0.3) is 0 Å². The van der Waals surface area contributed by atoms with Crippen molar-refractivity contribution in [2.24, 2.45) is 0 Å². The van der Waals surface area contributed by atoms with Gasteiger partial charge in [0.2, 0.25) is 5.88 Å². The zero-order chi connectivity index (χ0) is 20.4. The van der Waals surface area contributed by atoms with Crippen molar-refractivity contribution in [3.8, 4) is 5.88 Å². The van der Waals surface area contributed by atoms with Crippen LogP contribution in [-0.4, -0.2) is 31.6 Å². The second kappa shape index (κ2) is 8.30. The van der Waals surface area contributed by atoms with Crippen molar-refractivity contribution in [2.75, 3.05) is 11.9 Å². The summed E-state index contributed by atoms with van der Waals surface area (Å²) in [6.45, 7) is 11.4. The Morgan fingerprint density at radius 1 is 1.29 bits per heavy atom. The van der Waals surface area contributed by atoms with Crippen molar-refractivity contribution < 1.29 is 13.7 Å². The molecule has 152 valence electrons. The van der Waals surface area contributed by atoms with E-state index in [1.54, 1.807) is 4.68 Å². The van der Waals surface area contributed by atoms with E-state index in [1.807, 2.05) is 26.8 Å². The Morgan fingerprint density at radius 3 is 2.71 bits per heavy atom. The van der Waals surface area contributed by atoms with Crippen LogP contribution < -0.4 is 14.8 Å². The molecule has 2 aromatic heterocycles. The number of hydrogen-bond acceptors (Lipinski definition) is 5. The van der Waals surface area contributed by atoms with Gasteiger partial charge in [-0.25, -0.2) is 13.7 Å². The third-order valence-corrected chi connectivity index (χ3v) is 5.56. The summed E-state index contributed by atoms with van der Waals surface area (Å²) in [5.41, 5.74) is 3.41. The number of urea groups is 1. The Morgan fingerprint density at radius 2 is 2.04 bits per heavy atom. The molecule has 1 atom stereocenters. The van der Waals surface area contributed by atoms with E-state index < -0.39 is 17.0 Å². The number of nitrogens with zero attached hydrogens (tertiary/aromatic N) is 3. The van der Waals surface area contributed by atoms with Crippen LogP contribution in [0.25, 0.3) is 0 Å². The van der Waals surface area contributed by atoms with Crippen LogP contribution >= 0.6 is 0 Å². The van der Waals surface area contributed by atoms with E-state index in [4.69, 9.17) is 4.74 Å². The summed E-state index contributed by atoms with van der Waals surface area (Å²) in [4.78, 5) is 17.6. The predicted octanol–water partition coefficient (Wildman–Crippen LogP) is 3.46. The van der Waals surface area contributed by atoms with E-state index in [0.29, 0.717) is 29.6 Å². The number of carbonyl (C=O) groups excluding carboxylic acids is 1. The average molecular weight is 406 g/mol. The van der Waals surface area contributed by atoms with Crippen LogP contribution in [-0.2, 0) is 17.5 Å². The fraction of sp³-hybridized carbons (Fsp3) is 0.526. The van der Waals surface area contributed by atoms with E-state index in [9.17, 15) is 9.00 Å². The van der Waals surface area contributed by atoms with Gasteiger partial charge in [0.1, 0.15) is 4.90 Å². The van der Waals surface area contributed by atoms with Gasteiger partial charge in [0, 0.05) is 18.7 Å². The first-order valence-electron chi connectivity index (χ1n) is 9.47. The van der Waals surface area contributed by atoms with Crippen LogP contribution in [0.5, 0.6) is 5.88 Å². The average Bonchev–Trinajstić information content (AvgIpc) is 3.06. The Kier molecular flexibility index (Phi) is 6.02. The molecular weight excluding hydrogens is 378 g/mol. The van der Waals surface area contributed by atoms with E-state index in [1.165, 1.54) is 6.20 Å². The quantitative estimate of drug-likeness (QED) is 0.794. The molecule has 0 spiro atoms. The number of anilines is 1. The smallest absolute Gasteiger partial charge is 0.331 e. The van der Waals surface area contributed by atoms with Crippen LogP contribution in [0.15, 0.2) is 17.2 Å². The predicted molar refractivity (Wildman–Crippen MR) is 108 cm³/mol. The van der Waals surface area contributed by atoms with Crippen LogP contribution in [0, 0.1) is 6.92 Å². The molecule has 8 nitrogen and oxygen atoms in total. The summed E-state index contributed by atoms with van der Waals surface area (Å²) in [7, 11) is -1.78. The molecule has 1 unspecified atom stereocenters. The maximum atomic E-state index is 12.7. The number of rotatable bonds is 5. The lowest BCUT2D eigenvalue weighted by atomic mass is 9.96. The highest BCUT2D eigenvalue weighted by Crippen LogP contribution is 2.32. The zero-order valence-corrected chi connectivity index (χ0v) is 17.7. The molecule has 0 aromatic carbocycles. The van der Waals surface area contributed by atoms with Gasteiger partial charge < -0.3 is 10.1 Å². The lowest BCUT2D eigenvalue weighted by molar-refractivity contribution is 0.224. The maximum absolute atomic E-state index is 12.7. The minimum absolute atomic E-state index is 0.134. The van der Waals surface area contributed by atoms with Crippen LogP contribution in [0.3, 0.4) is 0 Å². The van der Waals surface area contributed by atoms with E-state index in [0.717, 1.165) is 23.4 Å². The molecule has 0 bridgehead atoms. The van der Waals surface area contributed by atoms with Crippen molar-refractivity contribution in [3.05, 3.63) is 29.2 Å². The molecule has 9 heteroatoms. The van der Waals surface area contributed by atoms with Gasteiger partial charge in [0.15, 0.2) is 11.0 Å². The van der Waals surface area contributed by atoms with Crippen LogP contribution in [0.2, 0.25) is 0 Å². The molecule has 0 aliphatic carbocycles.